The standard InChI is InChI=1S/C27H23ClN2O3.C20H17ClN2O3.CN.B.2ClH.Na/c28-20-9-6-17(7-10-20)14-23-26(31)24(27(32)33)21-11-8-19-12-13-30(16-22(19)25(21)29-23)15-18-4-2-1-3-5-18;21-13-4-1-11(2-5-13)9-16-19(24)17(20(25)26)14-6-3-12-7-8-22-10-15(12)18(14)23-16;1-2;;;;/h1-11,31H,12-16H2,(H,32,33);1-6,22,24H,7-10H2,(H,25,26);;;2*1H;/q;;-1;;;;+1. The number of carboxylic acids is 2. The van der Waals surface area contributed by atoms with Crippen molar-refractivity contribution in [3.63, 3.8) is 0 Å². The van der Waals surface area contributed by atoms with Crippen molar-refractivity contribution in [3.05, 3.63) is 181 Å². The van der Waals surface area contributed by atoms with Crippen LogP contribution in [0.1, 0.15) is 71.0 Å². The molecule has 4 heterocycles. The van der Waals surface area contributed by atoms with E-state index in [2.05, 4.69) is 27.3 Å². The number of pyridine rings is 2. The number of aromatic hydroxyl groups is 2. The third-order valence-corrected chi connectivity index (χ3v) is 11.5. The Hall–Kier alpha value is -4.91. The number of hydrogen-bond donors (Lipinski definition) is 5. The van der Waals surface area contributed by atoms with E-state index < -0.39 is 11.9 Å². The van der Waals surface area contributed by atoms with Crippen molar-refractivity contribution in [1.29, 1.82) is 5.26 Å². The Bertz CT molecular complexity index is 2800. The van der Waals surface area contributed by atoms with Crippen molar-refractivity contribution >= 4 is 90.2 Å². The molecule has 17 heteroatoms. The van der Waals surface area contributed by atoms with Gasteiger partial charge in [-0.25, -0.2) is 19.6 Å². The monoisotopic (exact) mass is 958 g/mol. The number of hydrogen-bond acceptors (Lipinski definition) is 9. The molecule has 7 aromatic rings. The molecule has 327 valence electrons. The fraction of sp³-hybridized carbons (Fsp3) is 0.188. The van der Waals surface area contributed by atoms with Gasteiger partial charge in [-0.15, -0.1) is 24.8 Å². The normalized spacial score (nSPS) is 12.4. The van der Waals surface area contributed by atoms with Crippen LogP contribution in [0, 0.1) is 11.8 Å². The molecule has 2 aliphatic heterocycles. The van der Waals surface area contributed by atoms with Crippen LogP contribution < -0.4 is 34.9 Å². The molecule has 0 unspecified atom stereocenters. The summed E-state index contributed by atoms with van der Waals surface area (Å²) >= 11 is 11.9. The van der Waals surface area contributed by atoms with Crippen molar-refractivity contribution < 1.29 is 59.6 Å². The van der Waals surface area contributed by atoms with E-state index in [1.807, 2.05) is 54.6 Å². The summed E-state index contributed by atoms with van der Waals surface area (Å²) in [4.78, 5) is 35.8. The summed E-state index contributed by atoms with van der Waals surface area (Å²) < 4.78 is 0. The summed E-state index contributed by atoms with van der Waals surface area (Å²) in [6, 6.07) is 32.2. The molecule has 3 radical (unpaired) electrons. The van der Waals surface area contributed by atoms with Crippen LogP contribution in [0.5, 0.6) is 11.5 Å². The summed E-state index contributed by atoms with van der Waals surface area (Å²) in [7, 11) is 0. The topological polar surface area (TPSA) is 180 Å². The molecule has 5 N–H and O–H groups in total. The number of carbonyl (C=O) groups is 2. The number of nitrogens with one attached hydrogen (secondary N) is 1. The predicted octanol–water partition coefficient (Wildman–Crippen LogP) is 6.53. The van der Waals surface area contributed by atoms with Gasteiger partial charge >= 0.3 is 41.5 Å². The van der Waals surface area contributed by atoms with Crippen molar-refractivity contribution in [2.75, 3.05) is 13.1 Å². The minimum atomic E-state index is -1.16. The van der Waals surface area contributed by atoms with E-state index in [0.29, 0.717) is 69.2 Å². The van der Waals surface area contributed by atoms with Gasteiger partial charge < -0.3 is 37.6 Å². The van der Waals surface area contributed by atoms with E-state index in [4.69, 9.17) is 40.0 Å². The van der Waals surface area contributed by atoms with Gasteiger partial charge in [-0.3, -0.25) is 4.90 Å². The minimum Gasteiger partial charge on any atom is -0.512 e. The number of halogens is 4. The quantitative estimate of drug-likeness (QED) is 0.0826. The van der Waals surface area contributed by atoms with Crippen LogP contribution in [0.4, 0.5) is 0 Å². The Labute approximate surface area is 423 Å². The number of rotatable bonds is 8. The van der Waals surface area contributed by atoms with Crippen molar-refractivity contribution in [2.45, 2.75) is 45.3 Å². The largest absolute Gasteiger partial charge is 1.00 e. The van der Waals surface area contributed by atoms with E-state index in [0.717, 1.165) is 54.7 Å². The second-order valence-corrected chi connectivity index (χ2v) is 15.7. The molecule has 0 bridgehead atoms. The molecular formula is C48H42BCl4N5NaO6. The number of aromatic nitrogens is 2. The Balaban J connectivity index is 0.000000321. The molecule has 2 aliphatic rings. The molecule has 9 rings (SSSR count). The first kappa shape index (κ1) is 54.4. The van der Waals surface area contributed by atoms with Crippen LogP contribution in [0.3, 0.4) is 0 Å². The first-order chi connectivity index (χ1) is 29.5. The molecule has 65 heavy (non-hydrogen) atoms. The third kappa shape index (κ3) is 12.3. The zero-order chi connectivity index (χ0) is 43.2. The first-order valence-electron chi connectivity index (χ1n) is 19.5. The number of fused-ring (bicyclic) bond motifs is 6. The molecule has 0 saturated carbocycles. The number of nitrogens with zero attached hydrogens (tertiary/aromatic N) is 4. The van der Waals surface area contributed by atoms with Crippen LogP contribution in [0.25, 0.3) is 21.8 Å². The van der Waals surface area contributed by atoms with Crippen LogP contribution in [-0.4, -0.2) is 68.7 Å². The molecule has 0 amide bonds. The molecule has 5 aromatic carbocycles. The number of aromatic carboxylic acids is 2. The van der Waals surface area contributed by atoms with Gasteiger partial charge in [0.05, 0.1) is 22.4 Å². The summed E-state index contributed by atoms with van der Waals surface area (Å²) in [6.45, 7) is 8.70. The Kier molecular flexibility index (Phi) is 20.6. The third-order valence-electron chi connectivity index (χ3n) is 11.0. The van der Waals surface area contributed by atoms with E-state index >= 15 is 0 Å². The number of carboxylic acid groups (broad SMARTS) is 2. The Morgan fingerprint density at radius 3 is 1.60 bits per heavy atom. The Morgan fingerprint density at radius 2 is 1.12 bits per heavy atom. The summed E-state index contributed by atoms with van der Waals surface area (Å²) in [5.41, 5.74) is 9.26. The van der Waals surface area contributed by atoms with E-state index in [1.54, 1.807) is 36.4 Å². The fourth-order valence-corrected chi connectivity index (χ4v) is 8.29. The van der Waals surface area contributed by atoms with Crippen molar-refractivity contribution in [3.8, 4) is 11.5 Å². The summed E-state index contributed by atoms with van der Waals surface area (Å²) in [5, 5.41) is 52.8. The van der Waals surface area contributed by atoms with E-state index in [1.165, 1.54) is 16.7 Å². The predicted molar refractivity (Wildman–Crippen MR) is 254 cm³/mol. The zero-order valence-electron chi connectivity index (χ0n) is 35.2. The Morgan fingerprint density at radius 1 is 0.662 bits per heavy atom. The maximum atomic E-state index is 12.1. The van der Waals surface area contributed by atoms with Crippen LogP contribution in [0.15, 0.2) is 103 Å². The second-order valence-electron chi connectivity index (χ2n) is 14.9. The van der Waals surface area contributed by atoms with Crippen molar-refractivity contribution in [2.24, 2.45) is 0 Å². The average molecular weight is 961 g/mol. The number of benzene rings is 5. The maximum Gasteiger partial charge on any atom is 1.00 e. The van der Waals surface area contributed by atoms with Gasteiger partial charge in [-0.2, -0.15) is 0 Å². The van der Waals surface area contributed by atoms with Gasteiger partial charge in [-0.05, 0) is 82.6 Å². The van der Waals surface area contributed by atoms with Gasteiger partial charge in [0, 0.05) is 68.3 Å². The summed E-state index contributed by atoms with van der Waals surface area (Å²) in [6.07, 6.45) is 2.39. The minimum absolute atomic E-state index is 0. The van der Waals surface area contributed by atoms with Gasteiger partial charge in [0.15, 0.2) is 11.5 Å². The summed E-state index contributed by atoms with van der Waals surface area (Å²) in [5.74, 6) is -2.87. The molecule has 0 saturated heterocycles. The smallest absolute Gasteiger partial charge is 0.512 e. The second kappa shape index (κ2) is 24.6. The average Bonchev–Trinajstić information content (AvgIpc) is 3.26. The molecule has 0 atom stereocenters. The maximum absolute atomic E-state index is 12.1. The zero-order valence-corrected chi connectivity index (χ0v) is 40.4. The van der Waals surface area contributed by atoms with Gasteiger partial charge in [0.1, 0.15) is 11.1 Å². The fourth-order valence-electron chi connectivity index (χ4n) is 8.04. The van der Waals surface area contributed by atoms with Crippen molar-refractivity contribution in [1.82, 2.24) is 20.2 Å². The van der Waals surface area contributed by atoms with Gasteiger partial charge in [0.2, 0.25) is 0 Å². The van der Waals surface area contributed by atoms with Gasteiger partial charge in [-0.1, -0.05) is 102 Å². The van der Waals surface area contributed by atoms with E-state index in [-0.39, 0.29) is 85.4 Å². The molecule has 0 aliphatic carbocycles. The first-order valence-corrected chi connectivity index (χ1v) is 20.3. The van der Waals surface area contributed by atoms with Crippen LogP contribution in [0.2, 0.25) is 10.0 Å². The van der Waals surface area contributed by atoms with Gasteiger partial charge in [0.25, 0.3) is 0 Å². The van der Waals surface area contributed by atoms with Crippen LogP contribution in [-0.2, 0) is 45.3 Å². The molecule has 2 aromatic heterocycles. The SMILES string of the molecule is Cl.Cl.O=C(O)c1c(O)c(Cc2ccc(Cl)cc2)nc2c3c(ccc12)CCN(Cc1ccccc1)C3.O=C(O)c1c(O)c(Cc2ccc(Cl)cc2)nc2c3c(ccc12)CCNC3.[B].[C-]#N.[Na+]. The molecule has 11 nitrogen and oxygen atoms in total. The molecule has 0 spiro atoms. The molecular weight excluding hydrogens is 918 g/mol. The van der Waals surface area contributed by atoms with E-state index in [9.17, 15) is 30.0 Å². The van der Waals surface area contributed by atoms with Crippen LogP contribution >= 0.6 is 48.0 Å². The molecule has 0 fully saturated rings.